The zero-order chi connectivity index (χ0) is 27.0. The maximum Gasteiger partial charge on any atom is 0.338 e. The first-order valence-corrected chi connectivity index (χ1v) is 12.8. The number of carbonyl (C=O) groups is 3. The van der Waals surface area contributed by atoms with E-state index in [2.05, 4.69) is 0 Å². The SMILES string of the molecule is COC(=O)C1=C(N)N(c2ccccc2F)C2=C(C(=O)[C@@H](C(=O)OC)[C@@H](c3ccccc3)C2)[C@@H]1c1cccs1. The van der Waals surface area contributed by atoms with Crippen LogP contribution in [0.4, 0.5) is 10.1 Å². The summed E-state index contributed by atoms with van der Waals surface area (Å²) in [7, 11) is 2.46. The van der Waals surface area contributed by atoms with E-state index in [0.29, 0.717) is 10.6 Å². The maximum absolute atomic E-state index is 15.2. The lowest BCUT2D eigenvalue weighted by atomic mass is 9.68. The van der Waals surface area contributed by atoms with Crippen molar-refractivity contribution < 1.29 is 28.2 Å². The van der Waals surface area contributed by atoms with Crippen molar-refractivity contribution in [1.82, 2.24) is 0 Å². The number of rotatable bonds is 5. The molecule has 2 heterocycles. The van der Waals surface area contributed by atoms with Crippen molar-refractivity contribution in [2.24, 2.45) is 11.7 Å². The number of nitrogens with two attached hydrogens (primary N) is 1. The number of esters is 2. The third-order valence-corrected chi connectivity index (χ3v) is 7.98. The molecule has 9 heteroatoms. The minimum absolute atomic E-state index is 0.00656. The van der Waals surface area contributed by atoms with Crippen LogP contribution in [0.1, 0.15) is 28.7 Å². The highest BCUT2D eigenvalue weighted by molar-refractivity contribution is 7.10. The van der Waals surface area contributed by atoms with Crippen molar-refractivity contribution in [3.05, 3.63) is 111 Å². The van der Waals surface area contributed by atoms with Gasteiger partial charge in [0.2, 0.25) is 0 Å². The van der Waals surface area contributed by atoms with Crippen molar-refractivity contribution in [1.29, 1.82) is 0 Å². The highest BCUT2D eigenvalue weighted by atomic mass is 32.1. The third-order valence-electron chi connectivity index (χ3n) is 7.05. The van der Waals surface area contributed by atoms with Crippen LogP contribution < -0.4 is 10.6 Å². The molecule has 1 aromatic heterocycles. The van der Waals surface area contributed by atoms with Crippen molar-refractivity contribution in [3.63, 3.8) is 0 Å². The molecule has 1 aliphatic carbocycles. The Labute approximate surface area is 223 Å². The lowest BCUT2D eigenvalue weighted by Gasteiger charge is -2.43. The monoisotopic (exact) mass is 532 g/mol. The molecule has 3 aromatic rings. The zero-order valence-electron chi connectivity index (χ0n) is 20.7. The Kier molecular flexibility index (Phi) is 6.86. The lowest BCUT2D eigenvalue weighted by Crippen LogP contribution is -2.46. The van der Waals surface area contributed by atoms with Crippen LogP contribution in [0, 0.1) is 11.7 Å². The number of thiophene rings is 1. The molecule has 0 saturated heterocycles. The second kappa shape index (κ2) is 10.3. The van der Waals surface area contributed by atoms with Gasteiger partial charge < -0.3 is 15.2 Å². The molecule has 194 valence electrons. The van der Waals surface area contributed by atoms with E-state index < -0.39 is 41.3 Å². The van der Waals surface area contributed by atoms with Gasteiger partial charge in [0, 0.05) is 22.1 Å². The molecule has 7 nitrogen and oxygen atoms in total. The number of halogens is 1. The van der Waals surface area contributed by atoms with Gasteiger partial charge in [0.25, 0.3) is 0 Å². The summed E-state index contributed by atoms with van der Waals surface area (Å²) in [5.41, 5.74) is 8.13. The molecule has 5 rings (SSSR count). The molecule has 38 heavy (non-hydrogen) atoms. The summed E-state index contributed by atoms with van der Waals surface area (Å²) in [5.74, 6) is -5.20. The van der Waals surface area contributed by atoms with Crippen LogP contribution in [0.3, 0.4) is 0 Å². The Morgan fingerprint density at radius 2 is 1.71 bits per heavy atom. The van der Waals surface area contributed by atoms with Gasteiger partial charge in [-0.3, -0.25) is 14.5 Å². The van der Waals surface area contributed by atoms with Crippen molar-refractivity contribution in [2.45, 2.75) is 18.3 Å². The number of allylic oxidation sites excluding steroid dienone is 2. The minimum atomic E-state index is -1.16. The molecule has 0 fully saturated rings. The summed E-state index contributed by atoms with van der Waals surface area (Å²) in [6.07, 6.45) is 0.177. The van der Waals surface area contributed by atoms with Gasteiger partial charge >= 0.3 is 11.9 Å². The average Bonchev–Trinajstić information content (AvgIpc) is 3.47. The Bertz CT molecular complexity index is 1470. The van der Waals surface area contributed by atoms with Crippen LogP contribution in [0.15, 0.2) is 94.8 Å². The molecule has 3 atom stereocenters. The molecule has 0 amide bonds. The first-order valence-electron chi connectivity index (χ1n) is 11.9. The predicted octanol–water partition coefficient (Wildman–Crippen LogP) is 4.63. The first-order chi connectivity index (χ1) is 18.4. The predicted molar refractivity (Wildman–Crippen MR) is 141 cm³/mol. The topological polar surface area (TPSA) is 98.9 Å². The second-order valence-electron chi connectivity index (χ2n) is 8.97. The number of hydrogen-bond acceptors (Lipinski definition) is 8. The van der Waals surface area contributed by atoms with Gasteiger partial charge in [0.1, 0.15) is 17.6 Å². The number of Topliss-reactive ketones (excluding diaryl/α,β-unsaturated/α-hetero) is 1. The number of ketones is 1. The van der Waals surface area contributed by atoms with Gasteiger partial charge in [-0.1, -0.05) is 48.5 Å². The molecule has 0 spiro atoms. The van der Waals surface area contributed by atoms with E-state index >= 15 is 4.39 Å². The van der Waals surface area contributed by atoms with E-state index in [-0.39, 0.29) is 29.1 Å². The molecule has 1 aliphatic heterocycles. The van der Waals surface area contributed by atoms with Crippen LogP contribution in [0.2, 0.25) is 0 Å². The molecule has 2 aromatic carbocycles. The average molecular weight is 533 g/mol. The summed E-state index contributed by atoms with van der Waals surface area (Å²) in [6, 6.07) is 18.8. The van der Waals surface area contributed by atoms with Gasteiger partial charge in [0.15, 0.2) is 5.78 Å². The minimum Gasteiger partial charge on any atom is -0.468 e. The fourth-order valence-electron chi connectivity index (χ4n) is 5.40. The summed E-state index contributed by atoms with van der Waals surface area (Å²) < 4.78 is 25.4. The largest absolute Gasteiger partial charge is 0.468 e. The summed E-state index contributed by atoms with van der Waals surface area (Å²) in [4.78, 5) is 42.8. The highest BCUT2D eigenvalue weighted by Gasteiger charge is 2.51. The van der Waals surface area contributed by atoms with Crippen molar-refractivity contribution in [2.75, 3.05) is 19.1 Å². The molecule has 0 radical (unpaired) electrons. The second-order valence-corrected chi connectivity index (χ2v) is 9.95. The number of hydrogen-bond donors (Lipinski definition) is 1. The van der Waals surface area contributed by atoms with Crippen LogP contribution in [-0.4, -0.2) is 31.9 Å². The fraction of sp³-hybridized carbons (Fsp3) is 0.207. The Morgan fingerprint density at radius 1 is 1.00 bits per heavy atom. The normalized spacial score (nSPS) is 21.3. The number of anilines is 1. The standard InChI is InChI=1S/C29H25FN2O5S/c1-36-28(34)22-17(16-9-4-3-5-10-16)15-20-23(26(22)33)24(21-13-8-14-38-21)25(29(35)37-2)27(31)32(20)19-12-7-6-11-18(19)30/h3-14,17,22,24H,15,31H2,1-2H3/t17-,22+,24+/m1/s1. The van der Waals surface area contributed by atoms with E-state index in [4.69, 9.17) is 15.2 Å². The van der Waals surface area contributed by atoms with E-state index in [0.717, 1.165) is 5.56 Å². The molecule has 0 saturated carbocycles. The third kappa shape index (κ3) is 4.09. The Balaban J connectivity index is 1.83. The van der Waals surface area contributed by atoms with Crippen molar-refractivity contribution >= 4 is 34.7 Å². The molecule has 2 N–H and O–H groups in total. The van der Waals surface area contributed by atoms with Crippen LogP contribution >= 0.6 is 11.3 Å². The first kappa shape index (κ1) is 25.4. The molecular formula is C29H25FN2O5S. The number of ether oxygens (including phenoxy) is 2. The van der Waals surface area contributed by atoms with Crippen LogP contribution in [-0.2, 0) is 23.9 Å². The fourth-order valence-corrected chi connectivity index (χ4v) is 6.24. The Morgan fingerprint density at radius 3 is 2.34 bits per heavy atom. The maximum atomic E-state index is 15.2. The van der Waals surface area contributed by atoms with Crippen LogP contribution in [0.25, 0.3) is 0 Å². The number of methoxy groups -OCH3 is 2. The lowest BCUT2D eigenvalue weighted by molar-refractivity contribution is -0.150. The quantitative estimate of drug-likeness (QED) is 0.378. The Hall–Kier alpha value is -4.24. The smallest absolute Gasteiger partial charge is 0.338 e. The summed E-state index contributed by atoms with van der Waals surface area (Å²) in [6.45, 7) is 0. The number of benzene rings is 2. The summed E-state index contributed by atoms with van der Waals surface area (Å²) in [5, 5.41) is 1.82. The molecule has 0 bridgehead atoms. The van der Waals surface area contributed by atoms with Gasteiger partial charge in [-0.05, 0) is 35.6 Å². The van der Waals surface area contributed by atoms with Gasteiger partial charge in [0.05, 0.1) is 31.4 Å². The highest BCUT2D eigenvalue weighted by Crippen LogP contribution is 2.52. The van der Waals surface area contributed by atoms with Gasteiger partial charge in [-0.15, -0.1) is 11.3 Å². The van der Waals surface area contributed by atoms with E-state index in [1.807, 2.05) is 35.7 Å². The molecular weight excluding hydrogens is 507 g/mol. The van der Waals surface area contributed by atoms with E-state index in [1.54, 1.807) is 24.3 Å². The van der Waals surface area contributed by atoms with Gasteiger partial charge in [-0.25, -0.2) is 9.18 Å². The zero-order valence-corrected chi connectivity index (χ0v) is 21.5. The number of para-hydroxylation sites is 1. The molecule has 0 unspecified atom stereocenters. The van der Waals surface area contributed by atoms with Crippen molar-refractivity contribution in [3.8, 4) is 0 Å². The van der Waals surface area contributed by atoms with Gasteiger partial charge in [-0.2, -0.15) is 0 Å². The number of nitrogens with zero attached hydrogens (tertiary/aromatic N) is 1. The molecule has 2 aliphatic rings. The van der Waals surface area contributed by atoms with E-state index in [1.165, 1.54) is 42.6 Å². The summed E-state index contributed by atoms with van der Waals surface area (Å²) >= 11 is 1.34. The van der Waals surface area contributed by atoms with Crippen LogP contribution in [0.5, 0.6) is 0 Å². The number of carbonyl (C=O) groups excluding carboxylic acids is 3. The van der Waals surface area contributed by atoms with E-state index in [9.17, 15) is 14.4 Å².